The summed E-state index contributed by atoms with van der Waals surface area (Å²) in [6, 6.07) is 10.1. The summed E-state index contributed by atoms with van der Waals surface area (Å²) in [6.45, 7) is 7.11. The number of alkyl halides is 6. The van der Waals surface area contributed by atoms with Gasteiger partial charge in [0.25, 0.3) is 5.91 Å². The number of aliphatic carboxylic acids is 1. The van der Waals surface area contributed by atoms with Crippen molar-refractivity contribution in [2.75, 3.05) is 26.2 Å². The van der Waals surface area contributed by atoms with Crippen molar-refractivity contribution in [2.24, 2.45) is 11.3 Å². The number of carboxylic acids is 1. The molecule has 2 aliphatic heterocycles. The van der Waals surface area contributed by atoms with Gasteiger partial charge in [0.1, 0.15) is 22.1 Å². The first-order chi connectivity index (χ1) is 25.8. The van der Waals surface area contributed by atoms with Gasteiger partial charge in [0.15, 0.2) is 0 Å². The molecule has 4 heterocycles. The Bertz CT molecular complexity index is 1760. The first-order valence-corrected chi connectivity index (χ1v) is 19.1. The van der Waals surface area contributed by atoms with Crippen LogP contribution in [-0.2, 0) is 21.9 Å². The number of hydrogen-bond acceptors (Lipinski definition) is 7. The summed E-state index contributed by atoms with van der Waals surface area (Å²) in [5, 5.41) is 18.9. The van der Waals surface area contributed by atoms with Gasteiger partial charge in [-0.15, -0.1) is 11.3 Å². The molecule has 302 valence electrons. The molecule has 0 radical (unpaired) electrons. The number of carbonyl (C=O) groups excluding carboxylic acids is 2. The normalized spacial score (nSPS) is 18.3. The van der Waals surface area contributed by atoms with Gasteiger partial charge in [0.05, 0.1) is 23.5 Å². The van der Waals surface area contributed by atoms with Crippen molar-refractivity contribution in [1.29, 1.82) is 0 Å². The van der Waals surface area contributed by atoms with E-state index in [1.165, 1.54) is 17.2 Å². The van der Waals surface area contributed by atoms with E-state index in [0.717, 1.165) is 35.6 Å². The third-order valence-corrected chi connectivity index (χ3v) is 11.0. The van der Waals surface area contributed by atoms with E-state index in [-0.39, 0.29) is 24.1 Å². The number of para-hydroxylation sites is 1. The van der Waals surface area contributed by atoms with Crippen LogP contribution in [-0.4, -0.2) is 75.1 Å². The van der Waals surface area contributed by atoms with Crippen LogP contribution in [0.1, 0.15) is 105 Å². The summed E-state index contributed by atoms with van der Waals surface area (Å²) in [7, 11) is 0. The molecular weight excluding hydrogens is 752 g/mol. The van der Waals surface area contributed by atoms with Gasteiger partial charge in [0.2, 0.25) is 5.91 Å². The topological polar surface area (TPSA) is 120 Å². The van der Waals surface area contributed by atoms with Crippen molar-refractivity contribution in [1.82, 2.24) is 14.8 Å². The number of thiophene rings is 1. The zero-order chi connectivity index (χ0) is 40.6. The highest BCUT2D eigenvalue weighted by Gasteiger charge is 2.43. The van der Waals surface area contributed by atoms with Crippen LogP contribution < -0.4 is 4.74 Å². The van der Waals surface area contributed by atoms with E-state index in [2.05, 4.69) is 4.98 Å². The number of carboxylic acid groups (broad SMARTS) is 1. The van der Waals surface area contributed by atoms with Gasteiger partial charge in [-0.25, -0.2) is 0 Å². The molecule has 2 saturated heterocycles. The number of nitrogens with zero attached hydrogens (tertiary/aromatic N) is 3. The summed E-state index contributed by atoms with van der Waals surface area (Å²) in [5.74, 6) is -1.52. The lowest BCUT2D eigenvalue weighted by Gasteiger charge is -2.43. The second-order valence-electron chi connectivity index (χ2n) is 14.4. The molecule has 2 atom stereocenters. The molecule has 0 aliphatic carbocycles. The highest BCUT2D eigenvalue weighted by Crippen LogP contribution is 2.38. The molecule has 2 unspecified atom stereocenters. The molecule has 3 aromatic rings. The monoisotopic (exact) mass is 799 g/mol. The fourth-order valence-electron chi connectivity index (χ4n) is 7.06. The lowest BCUT2D eigenvalue weighted by molar-refractivity contribution is -0.147. The largest absolute Gasteiger partial charge is 0.507 e. The van der Waals surface area contributed by atoms with E-state index >= 15 is 0 Å². The van der Waals surface area contributed by atoms with Gasteiger partial charge in [-0.3, -0.25) is 19.4 Å². The van der Waals surface area contributed by atoms with Crippen molar-refractivity contribution in [3.8, 4) is 11.5 Å². The second kappa shape index (κ2) is 18.5. The van der Waals surface area contributed by atoms with Crippen LogP contribution in [0, 0.1) is 11.3 Å². The fourth-order valence-corrected chi connectivity index (χ4v) is 7.70. The molecule has 9 nitrogen and oxygen atoms in total. The number of piperidine rings is 2. The van der Waals surface area contributed by atoms with Crippen molar-refractivity contribution in [2.45, 2.75) is 96.5 Å². The smallest absolute Gasteiger partial charge is 0.425 e. The van der Waals surface area contributed by atoms with Crippen LogP contribution in [0.5, 0.6) is 11.5 Å². The minimum Gasteiger partial charge on any atom is -0.507 e. The number of hydrogen-bond donors (Lipinski definition) is 2. The zero-order valence-electron chi connectivity index (χ0n) is 31.0. The first kappa shape index (κ1) is 43.4. The molecule has 2 N–H and O–H groups in total. The average molecular weight is 800 g/mol. The number of ether oxygens (including phenoxy) is 1. The lowest BCUT2D eigenvalue weighted by Crippen LogP contribution is -2.54. The Morgan fingerprint density at radius 1 is 0.964 bits per heavy atom. The Balaban J connectivity index is 0.000000583. The predicted molar refractivity (Wildman–Crippen MR) is 194 cm³/mol. The fraction of sp³-hybridized carbons (Fsp3) is 0.538. The molecule has 0 spiro atoms. The van der Waals surface area contributed by atoms with Crippen LogP contribution in [0.3, 0.4) is 0 Å². The lowest BCUT2D eigenvalue weighted by atomic mass is 9.83. The highest BCUT2D eigenvalue weighted by molar-refractivity contribution is 7.10. The van der Waals surface area contributed by atoms with E-state index in [1.807, 2.05) is 36.1 Å². The number of benzene rings is 1. The van der Waals surface area contributed by atoms with Crippen LogP contribution in [0.25, 0.3) is 0 Å². The number of pyridine rings is 1. The van der Waals surface area contributed by atoms with E-state index in [1.54, 1.807) is 13.8 Å². The number of carbonyl (C=O) groups is 3. The van der Waals surface area contributed by atoms with Crippen molar-refractivity contribution in [3.05, 3.63) is 75.7 Å². The van der Waals surface area contributed by atoms with Crippen molar-refractivity contribution >= 4 is 29.1 Å². The molecule has 0 saturated carbocycles. The Morgan fingerprint density at radius 3 is 2.24 bits per heavy atom. The SMILES string of the molecule is CCCC1C(C(=O)N2CCC(c3ccccc3OCCCC(C)(C)C(=O)O)CC2)CCCN1C(=O)c1ncccc1C(F)(F)F.Oc1csc(C(F)(F)F)c1. The summed E-state index contributed by atoms with van der Waals surface area (Å²) in [4.78, 5) is 45.1. The van der Waals surface area contributed by atoms with Crippen LogP contribution in [0.4, 0.5) is 26.3 Å². The van der Waals surface area contributed by atoms with Crippen molar-refractivity contribution < 1.29 is 55.7 Å². The Kier molecular flexibility index (Phi) is 14.6. The van der Waals surface area contributed by atoms with E-state index in [4.69, 9.17) is 9.84 Å². The molecule has 55 heavy (non-hydrogen) atoms. The average Bonchev–Trinajstić information content (AvgIpc) is 3.60. The molecule has 0 bridgehead atoms. The maximum Gasteiger partial charge on any atom is 0.425 e. The second-order valence-corrected chi connectivity index (χ2v) is 15.4. The molecule has 2 aliphatic rings. The molecular formula is C39H47F6N3O6S. The van der Waals surface area contributed by atoms with Gasteiger partial charge >= 0.3 is 18.3 Å². The minimum atomic E-state index is -4.71. The van der Waals surface area contributed by atoms with Crippen LogP contribution in [0.15, 0.2) is 54.0 Å². The van der Waals surface area contributed by atoms with Crippen LogP contribution >= 0.6 is 11.3 Å². The minimum absolute atomic E-state index is 0.0490. The van der Waals surface area contributed by atoms with Gasteiger partial charge in [0, 0.05) is 43.3 Å². The van der Waals surface area contributed by atoms with Gasteiger partial charge in [-0.1, -0.05) is 31.5 Å². The van der Waals surface area contributed by atoms with E-state index < -0.39 is 57.7 Å². The molecule has 2 fully saturated rings. The Labute approximate surface area is 320 Å². The molecule has 5 rings (SSSR count). The number of rotatable bonds is 11. The van der Waals surface area contributed by atoms with Crippen molar-refractivity contribution in [3.63, 3.8) is 0 Å². The van der Waals surface area contributed by atoms with E-state index in [0.29, 0.717) is 75.6 Å². The quantitative estimate of drug-likeness (QED) is 0.147. The molecule has 2 aromatic heterocycles. The standard InChI is InChI=1S/C34H44F3N3O5.C5H3F3OS/c1-4-10-27-25(12-8-19-40(27)31(42)29-26(34(35,36)37)13-7-18-38-29)30(41)39-20-15-23(16-21-39)24-11-5-6-14-28(24)45-22-9-17-33(2,3)32(43)44;6-5(7,8)4-1-3(9)2-10-4/h5-7,11,13-14,18,23,25,27H,4,8-10,12,15-17,19-22H2,1-3H3,(H,43,44);1-2,9H. The summed E-state index contributed by atoms with van der Waals surface area (Å²) >= 11 is 0.481. The van der Waals surface area contributed by atoms with Gasteiger partial charge in [-0.2, -0.15) is 26.3 Å². The first-order valence-electron chi connectivity index (χ1n) is 18.3. The number of aromatic nitrogens is 1. The predicted octanol–water partition coefficient (Wildman–Crippen LogP) is 9.27. The Hall–Kier alpha value is -4.34. The Morgan fingerprint density at radius 2 is 1.65 bits per heavy atom. The maximum absolute atomic E-state index is 13.9. The van der Waals surface area contributed by atoms with Crippen LogP contribution in [0.2, 0.25) is 0 Å². The van der Waals surface area contributed by atoms with Gasteiger partial charge < -0.3 is 24.7 Å². The summed E-state index contributed by atoms with van der Waals surface area (Å²) in [6.07, 6.45) is -2.97. The highest BCUT2D eigenvalue weighted by atomic mass is 32.1. The number of amides is 2. The third-order valence-electron chi connectivity index (χ3n) is 10.1. The third kappa shape index (κ3) is 11.4. The number of aromatic hydroxyl groups is 1. The van der Waals surface area contributed by atoms with Gasteiger partial charge in [-0.05, 0) is 88.5 Å². The zero-order valence-corrected chi connectivity index (χ0v) is 31.8. The molecule has 1 aromatic carbocycles. The maximum atomic E-state index is 13.9. The summed E-state index contributed by atoms with van der Waals surface area (Å²) < 4.78 is 82.3. The summed E-state index contributed by atoms with van der Waals surface area (Å²) in [5.41, 5.74) is -1.43. The number of likely N-dealkylation sites (tertiary alicyclic amines) is 2. The molecule has 16 heteroatoms. The molecule has 2 amide bonds. The van der Waals surface area contributed by atoms with E-state index in [9.17, 15) is 45.8 Å². The number of halogens is 6.